The van der Waals surface area contributed by atoms with Crippen LogP contribution in [0.2, 0.25) is 0 Å². The van der Waals surface area contributed by atoms with Gasteiger partial charge in [-0.3, -0.25) is 9.89 Å². The first-order valence-corrected chi connectivity index (χ1v) is 8.71. The molecule has 4 N–H and O–H groups in total. The maximum absolute atomic E-state index is 10.9. The molecule has 1 saturated heterocycles. The first-order chi connectivity index (χ1) is 11.1. The van der Waals surface area contributed by atoms with E-state index in [1.807, 2.05) is 18.2 Å². The number of benzene rings is 1. The molecule has 0 amide bonds. The Hall–Kier alpha value is -1.59. The Morgan fingerprint density at radius 2 is 2.30 bits per heavy atom. The Morgan fingerprint density at radius 3 is 3.13 bits per heavy atom. The lowest BCUT2D eigenvalue weighted by Gasteiger charge is -2.24. The minimum Gasteiger partial charge on any atom is -0.383 e. The largest absolute Gasteiger partial charge is 0.383 e. The zero-order valence-corrected chi connectivity index (χ0v) is 14.0. The molecule has 2 aliphatic rings. The van der Waals surface area contributed by atoms with Crippen molar-refractivity contribution in [1.29, 1.82) is 0 Å². The summed E-state index contributed by atoms with van der Waals surface area (Å²) in [6.45, 7) is 5.61. The van der Waals surface area contributed by atoms with E-state index in [1.165, 1.54) is 24.9 Å². The van der Waals surface area contributed by atoms with Crippen LogP contribution in [0.25, 0.3) is 0 Å². The van der Waals surface area contributed by atoms with Gasteiger partial charge >= 0.3 is 0 Å². The Balaban J connectivity index is 1.55. The van der Waals surface area contributed by atoms with Gasteiger partial charge in [0.1, 0.15) is 5.60 Å². The van der Waals surface area contributed by atoms with Gasteiger partial charge in [-0.05, 0) is 49.9 Å². The fourth-order valence-electron chi connectivity index (χ4n) is 3.87. The summed E-state index contributed by atoms with van der Waals surface area (Å²) >= 11 is 0. The summed E-state index contributed by atoms with van der Waals surface area (Å²) in [5, 5.41) is 14.1. The molecule has 0 saturated carbocycles. The monoisotopic (exact) mass is 316 g/mol. The first-order valence-electron chi connectivity index (χ1n) is 8.71. The van der Waals surface area contributed by atoms with Crippen molar-refractivity contribution in [1.82, 2.24) is 10.2 Å². The summed E-state index contributed by atoms with van der Waals surface area (Å²) in [6, 6.07) is 8.62. The summed E-state index contributed by atoms with van der Waals surface area (Å²) in [6.07, 6.45) is 4.09. The number of hydrogen-bond acceptors (Lipinski definition) is 3. The van der Waals surface area contributed by atoms with Crippen molar-refractivity contribution in [3.63, 3.8) is 0 Å². The molecule has 0 spiro atoms. The fraction of sp³-hybridized carbons (Fsp3) is 0.611. The number of aliphatic hydroxyl groups is 1. The summed E-state index contributed by atoms with van der Waals surface area (Å²) in [4.78, 5) is 6.88. The van der Waals surface area contributed by atoms with Crippen LogP contribution in [0.5, 0.6) is 0 Å². The zero-order valence-electron chi connectivity index (χ0n) is 14.0. The van der Waals surface area contributed by atoms with Gasteiger partial charge < -0.3 is 16.2 Å². The number of aryl methyl sites for hydroxylation is 1. The van der Waals surface area contributed by atoms with Gasteiger partial charge in [0, 0.05) is 12.6 Å². The van der Waals surface area contributed by atoms with Gasteiger partial charge in [-0.2, -0.15) is 0 Å². The quantitative estimate of drug-likeness (QED) is 0.564. The van der Waals surface area contributed by atoms with E-state index in [9.17, 15) is 5.11 Å². The van der Waals surface area contributed by atoms with E-state index >= 15 is 0 Å². The van der Waals surface area contributed by atoms with Gasteiger partial charge in [-0.25, -0.2) is 0 Å². The maximum atomic E-state index is 10.9. The average Bonchev–Trinajstić information content (AvgIpc) is 3.16. The molecular weight excluding hydrogens is 288 g/mol. The third kappa shape index (κ3) is 3.51. The van der Waals surface area contributed by atoms with Crippen molar-refractivity contribution in [2.75, 3.05) is 26.2 Å². The minimum absolute atomic E-state index is 0.324. The lowest BCUT2D eigenvalue weighted by atomic mass is 9.96. The first kappa shape index (κ1) is 16.3. The summed E-state index contributed by atoms with van der Waals surface area (Å²) in [7, 11) is 0. The highest BCUT2D eigenvalue weighted by Crippen LogP contribution is 2.36. The molecule has 5 nitrogen and oxygen atoms in total. The van der Waals surface area contributed by atoms with Crippen LogP contribution >= 0.6 is 0 Å². The molecule has 5 heteroatoms. The Kier molecular flexibility index (Phi) is 4.87. The predicted octanol–water partition coefficient (Wildman–Crippen LogP) is 1.21. The molecule has 23 heavy (non-hydrogen) atoms. The van der Waals surface area contributed by atoms with Crippen molar-refractivity contribution < 1.29 is 5.11 Å². The van der Waals surface area contributed by atoms with Crippen molar-refractivity contribution >= 4 is 5.96 Å². The van der Waals surface area contributed by atoms with E-state index in [0.29, 0.717) is 18.5 Å². The van der Waals surface area contributed by atoms with Crippen LogP contribution in [-0.2, 0) is 12.0 Å². The van der Waals surface area contributed by atoms with E-state index in [2.05, 4.69) is 28.2 Å². The smallest absolute Gasteiger partial charge is 0.188 e. The van der Waals surface area contributed by atoms with Crippen LogP contribution in [0.15, 0.2) is 29.3 Å². The third-order valence-corrected chi connectivity index (χ3v) is 5.26. The Morgan fingerprint density at radius 1 is 1.48 bits per heavy atom. The highest BCUT2D eigenvalue weighted by molar-refractivity contribution is 5.77. The standard InChI is InChI=1S/C18H28N4O/c1-2-22-11-5-7-15(22)12-20-17(19)21-13-18(23)10-9-14-6-3-4-8-16(14)18/h3-4,6,8,15,23H,2,5,7,9-13H2,1H3,(H3,19,20,21). The molecule has 1 aromatic carbocycles. The average molecular weight is 316 g/mol. The normalized spacial score (nSPS) is 28.1. The number of guanidine groups is 1. The van der Waals surface area contributed by atoms with Gasteiger partial charge in [-0.1, -0.05) is 31.2 Å². The summed E-state index contributed by atoms with van der Waals surface area (Å²) in [5.74, 6) is 0.436. The molecule has 3 rings (SSSR count). The zero-order chi connectivity index (χ0) is 16.3. The van der Waals surface area contributed by atoms with Gasteiger partial charge in [-0.15, -0.1) is 0 Å². The molecule has 2 unspecified atom stereocenters. The van der Waals surface area contributed by atoms with Gasteiger partial charge in [0.15, 0.2) is 5.96 Å². The molecule has 1 fully saturated rings. The van der Waals surface area contributed by atoms with E-state index in [4.69, 9.17) is 5.73 Å². The van der Waals surface area contributed by atoms with Crippen molar-refractivity contribution in [3.8, 4) is 0 Å². The highest BCUT2D eigenvalue weighted by atomic mass is 16.3. The van der Waals surface area contributed by atoms with E-state index in [-0.39, 0.29) is 0 Å². The van der Waals surface area contributed by atoms with E-state index in [1.54, 1.807) is 0 Å². The second kappa shape index (κ2) is 6.89. The lowest BCUT2D eigenvalue weighted by Crippen LogP contribution is -2.43. The predicted molar refractivity (Wildman–Crippen MR) is 93.4 cm³/mol. The fourth-order valence-corrected chi connectivity index (χ4v) is 3.87. The molecule has 2 atom stereocenters. The molecule has 1 aromatic rings. The van der Waals surface area contributed by atoms with Crippen LogP contribution < -0.4 is 11.1 Å². The number of likely N-dealkylation sites (N-methyl/N-ethyl adjacent to an activating group) is 1. The molecule has 1 aliphatic carbocycles. The molecule has 0 bridgehead atoms. The minimum atomic E-state index is -0.869. The molecule has 1 aliphatic heterocycles. The number of aliphatic imine (C=N–C) groups is 1. The van der Waals surface area contributed by atoms with Gasteiger partial charge in [0.2, 0.25) is 0 Å². The SMILES string of the molecule is CCN1CCCC1CNC(N)=NCC1(O)CCc2ccccc21. The second-order valence-electron chi connectivity index (χ2n) is 6.70. The Bertz CT molecular complexity index is 574. The summed E-state index contributed by atoms with van der Waals surface area (Å²) < 4.78 is 0. The maximum Gasteiger partial charge on any atom is 0.188 e. The van der Waals surface area contributed by atoms with Crippen LogP contribution in [0.1, 0.15) is 37.3 Å². The van der Waals surface area contributed by atoms with Crippen LogP contribution in [0.4, 0.5) is 0 Å². The van der Waals surface area contributed by atoms with Crippen molar-refractivity contribution in [2.45, 2.75) is 44.2 Å². The lowest BCUT2D eigenvalue weighted by molar-refractivity contribution is 0.0486. The number of nitrogens with zero attached hydrogens (tertiary/aromatic N) is 2. The topological polar surface area (TPSA) is 73.9 Å². The molecule has 1 heterocycles. The van der Waals surface area contributed by atoms with E-state index in [0.717, 1.165) is 31.5 Å². The number of nitrogens with one attached hydrogen (secondary N) is 1. The highest BCUT2D eigenvalue weighted by Gasteiger charge is 2.36. The van der Waals surface area contributed by atoms with Crippen molar-refractivity contribution in [2.24, 2.45) is 10.7 Å². The van der Waals surface area contributed by atoms with Crippen LogP contribution in [0, 0.1) is 0 Å². The third-order valence-electron chi connectivity index (χ3n) is 5.26. The number of likely N-dealkylation sites (tertiary alicyclic amines) is 1. The number of nitrogens with two attached hydrogens (primary N) is 1. The van der Waals surface area contributed by atoms with Crippen LogP contribution in [0.3, 0.4) is 0 Å². The number of rotatable bonds is 5. The summed E-state index contributed by atoms with van der Waals surface area (Å²) in [5.41, 5.74) is 7.36. The number of fused-ring (bicyclic) bond motifs is 1. The van der Waals surface area contributed by atoms with Crippen LogP contribution in [-0.4, -0.2) is 48.2 Å². The van der Waals surface area contributed by atoms with E-state index < -0.39 is 5.60 Å². The van der Waals surface area contributed by atoms with Gasteiger partial charge in [0.25, 0.3) is 0 Å². The molecule has 0 aromatic heterocycles. The van der Waals surface area contributed by atoms with Gasteiger partial charge in [0.05, 0.1) is 6.54 Å². The van der Waals surface area contributed by atoms with Crippen molar-refractivity contribution in [3.05, 3.63) is 35.4 Å². The molecular formula is C18H28N4O. The molecule has 0 radical (unpaired) electrons. The molecule has 126 valence electrons. The number of hydrogen-bond donors (Lipinski definition) is 3. The Labute approximate surface area is 138 Å². The second-order valence-corrected chi connectivity index (χ2v) is 6.70.